The molecule has 0 aliphatic heterocycles. The Labute approximate surface area is 145 Å². The number of rotatable bonds is 5. The molecule has 0 N–H and O–H groups in total. The minimum absolute atomic E-state index is 0.0101. The van der Waals surface area contributed by atoms with E-state index < -0.39 is 5.97 Å². The van der Waals surface area contributed by atoms with E-state index in [0.29, 0.717) is 21.4 Å². The van der Waals surface area contributed by atoms with Crippen LogP contribution in [0.3, 0.4) is 0 Å². The summed E-state index contributed by atoms with van der Waals surface area (Å²) in [5.41, 5.74) is 0.565. The molecule has 0 saturated carbocycles. The highest BCUT2D eigenvalue weighted by Crippen LogP contribution is 2.25. The Hall–Kier alpha value is -1.96. The Morgan fingerprint density at radius 3 is 2.70 bits per heavy atom. The number of hydrogen-bond donors (Lipinski definition) is 0. The number of aromatic nitrogens is 4. The van der Waals surface area contributed by atoms with E-state index >= 15 is 0 Å². The molecular weight excluding hydrogens is 359 g/mol. The van der Waals surface area contributed by atoms with Crippen LogP contribution in [0.4, 0.5) is 0 Å². The van der Waals surface area contributed by atoms with Crippen LogP contribution in [0.5, 0.6) is 0 Å². The van der Waals surface area contributed by atoms with Gasteiger partial charge in [-0.15, -0.1) is 21.5 Å². The minimum atomic E-state index is -0.504. The van der Waals surface area contributed by atoms with E-state index in [-0.39, 0.29) is 13.2 Å². The van der Waals surface area contributed by atoms with Gasteiger partial charge in [-0.05, 0) is 28.8 Å². The smallest absolute Gasteiger partial charge is 0.330 e. The zero-order valence-electron chi connectivity index (χ0n) is 11.6. The molecule has 0 radical (unpaired) electrons. The molecule has 1 aromatic carbocycles. The second kappa shape index (κ2) is 7.08. The molecule has 0 aliphatic carbocycles. The van der Waals surface area contributed by atoms with E-state index in [4.69, 9.17) is 27.9 Å². The molecule has 6 nitrogen and oxygen atoms in total. The lowest BCUT2D eigenvalue weighted by Crippen LogP contribution is -2.16. The van der Waals surface area contributed by atoms with Crippen LogP contribution in [-0.4, -0.2) is 26.2 Å². The topological polar surface area (TPSA) is 69.9 Å². The Morgan fingerprint density at radius 2 is 2.00 bits per heavy atom. The molecule has 3 rings (SSSR count). The summed E-state index contributed by atoms with van der Waals surface area (Å²) < 4.78 is 5.16. The van der Waals surface area contributed by atoms with Crippen LogP contribution < -0.4 is 0 Å². The highest BCUT2D eigenvalue weighted by molar-refractivity contribution is 7.13. The molecule has 3 aromatic rings. The minimum Gasteiger partial charge on any atom is -0.459 e. The van der Waals surface area contributed by atoms with E-state index in [0.717, 1.165) is 4.88 Å². The molecule has 0 atom stereocenters. The highest BCUT2D eigenvalue weighted by atomic mass is 35.5. The number of ether oxygens (including phenoxy) is 1. The maximum Gasteiger partial charge on any atom is 0.330 e. The summed E-state index contributed by atoms with van der Waals surface area (Å²) in [7, 11) is 0. The highest BCUT2D eigenvalue weighted by Gasteiger charge is 2.13. The summed E-state index contributed by atoms with van der Waals surface area (Å²) in [5.74, 6) is -0.0296. The lowest BCUT2D eigenvalue weighted by Gasteiger charge is -2.07. The monoisotopic (exact) mass is 368 g/mol. The number of carbonyl (C=O) groups is 1. The first-order valence-electron chi connectivity index (χ1n) is 6.53. The van der Waals surface area contributed by atoms with E-state index in [2.05, 4.69) is 15.4 Å². The zero-order chi connectivity index (χ0) is 16.2. The number of carbonyl (C=O) groups excluding carboxylic acids is 1. The normalized spacial score (nSPS) is 10.7. The maximum absolute atomic E-state index is 11.9. The molecular formula is C14H10Cl2N4O2S. The van der Waals surface area contributed by atoms with Gasteiger partial charge in [-0.25, -0.2) is 4.79 Å². The van der Waals surface area contributed by atoms with Gasteiger partial charge in [0, 0.05) is 15.6 Å². The average molecular weight is 369 g/mol. The molecule has 2 aromatic heterocycles. The van der Waals surface area contributed by atoms with E-state index in [1.165, 1.54) is 16.1 Å². The first-order chi connectivity index (χ1) is 11.1. The van der Waals surface area contributed by atoms with Crippen molar-refractivity contribution in [1.29, 1.82) is 0 Å². The Bertz CT molecular complexity index is 800. The summed E-state index contributed by atoms with van der Waals surface area (Å²) in [6, 6.07) is 8.86. The molecule has 0 bridgehead atoms. The van der Waals surface area contributed by atoms with Crippen molar-refractivity contribution in [2.75, 3.05) is 0 Å². The summed E-state index contributed by atoms with van der Waals surface area (Å²) in [6.45, 7) is -0.149. The SMILES string of the molecule is O=C(Cn1nnc(-c2cccs2)n1)OCc1c(Cl)cccc1Cl. The number of thiophene rings is 1. The second-order valence-electron chi connectivity index (χ2n) is 4.48. The Morgan fingerprint density at radius 1 is 1.22 bits per heavy atom. The van der Waals surface area contributed by atoms with Gasteiger partial charge in [0.25, 0.3) is 0 Å². The number of esters is 1. The van der Waals surface area contributed by atoms with Crippen LogP contribution >= 0.6 is 34.5 Å². The summed E-state index contributed by atoms with van der Waals surface area (Å²) in [5, 5.41) is 14.7. The van der Waals surface area contributed by atoms with Crippen molar-refractivity contribution in [1.82, 2.24) is 20.2 Å². The van der Waals surface area contributed by atoms with E-state index in [1.807, 2.05) is 17.5 Å². The molecule has 0 saturated heterocycles. The largest absolute Gasteiger partial charge is 0.459 e. The molecule has 118 valence electrons. The van der Waals surface area contributed by atoms with Crippen molar-refractivity contribution in [3.05, 3.63) is 51.3 Å². The third-order valence-corrected chi connectivity index (χ3v) is 4.48. The third-order valence-electron chi connectivity index (χ3n) is 2.90. The lowest BCUT2D eigenvalue weighted by molar-refractivity contribution is -0.146. The fraction of sp³-hybridized carbons (Fsp3) is 0.143. The van der Waals surface area contributed by atoms with Crippen LogP contribution in [0.2, 0.25) is 10.0 Å². The third kappa shape index (κ3) is 3.87. The first-order valence-corrected chi connectivity index (χ1v) is 8.17. The number of halogens is 2. The first kappa shape index (κ1) is 15.9. The van der Waals surface area contributed by atoms with Crippen molar-refractivity contribution < 1.29 is 9.53 Å². The molecule has 23 heavy (non-hydrogen) atoms. The zero-order valence-corrected chi connectivity index (χ0v) is 14.0. The van der Waals surface area contributed by atoms with Gasteiger partial charge in [0.1, 0.15) is 6.61 Å². The van der Waals surface area contributed by atoms with Crippen LogP contribution in [0, 0.1) is 0 Å². The summed E-state index contributed by atoms with van der Waals surface area (Å²) >= 11 is 13.5. The van der Waals surface area contributed by atoms with Crippen molar-refractivity contribution >= 4 is 40.5 Å². The van der Waals surface area contributed by atoms with Crippen molar-refractivity contribution in [3.63, 3.8) is 0 Å². The van der Waals surface area contributed by atoms with Crippen LogP contribution in [0.25, 0.3) is 10.7 Å². The van der Waals surface area contributed by atoms with Gasteiger partial charge in [-0.1, -0.05) is 35.3 Å². The molecule has 2 heterocycles. The molecule has 0 unspecified atom stereocenters. The molecule has 0 fully saturated rings. The predicted octanol–water partition coefficient (Wildman–Crippen LogP) is 3.45. The van der Waals surface area contributed by atoms with Crippen LogP contribution in [0.15, 0.2) is 35.7 Å². The molecule has 0 spiro atoms. The number of nitrogens with zero attached hydrogens (tertiary/aromatic N) is 4. The van der Waals surface area contributed by atoms with Gasteiger partial charge in [0.05, 0.1) is 4.88 Å². The van der Waals surface area contributed by atoms with E-state index in [1.54, 1.807) is 18.2 Å². The van der Waals surface area contributed by atoms with Crippen molar-refractivity contribution in [3.8, 4) is 10.7 Å². The Kier molecular flexibility index (Phi) is 4.90. The number of benzene rings is 1. The second-order valence-corrected chi connectivity index (χ2v) is 6.24. The standard InChI is InChI=1S/C14H10Cl2N4O2S/c15-10-3-1-4-11(16)9(10)8-22-13(21)7-20-18-14(17-19-20)12-5-2-6-23-12/h1-6H,7-8H2. The van der Waals surface area contributed by atoms with E-state index in [9.17, 15) is 4.79 Å². The summed E-state index contributed by atoms with van der Waals surface area (Å²) in [4.78, 5) is 13.9. The quantitative estimate of drug-likeness (QED) is 0.645. The molecule has 0 aliphatic rings. The molecule has 9 heteroatoms. The predicted molar refractivity (Wildman–Crippen MR) is 87.4 cm³/mol. The average Bonchev–Trinajstić information content (AvgIpc) is 3.17. The van der Waals surface area contributed by atoms with Crippen molar-refractivity contribution in [2.24, 2.45) is 0 Å². The fourth-order valence-electron chi connectivity index (χ4n) is 1.80. The van der Waals surface area contributed by atoms with Gasteiger partial charge in [0.15, 0.2) is 6.54 Å². The number of tetrazole rings is 1. The van der Waals surface area contributed by atoms with Gasteiger partial charge in [0.2, 0.25) is 5.82 Å². The van der Waals surface area contributed by atoms with Gasteiger partial charge < -0.3 is 4.74 Å². The molecule has 0 amide bonds. The van der Waals surface area contributed by atoms with Gasteiger partial charge >= 0.3 is 5.97 Å². The van der Waals surface area contributed by atoms with Crippen LogP contribution in [-0.2, 0) is 22.7 Å². The lowest BCUT2D eigenvalue weighted by atomic mass is 10.2. The fourth-order valence-corrected chi connectivity index (χ4v) is 2.95. The maximum atomic E-state index is 11.9. The van der Waals surface area contributed by atoms with Gasteiger partial charge in [-0.3, -0.25) is 0 Å². The van der Waals surface area contributed by atoms with Crippen LogP contribution in [0.1, 0.15) is 5.56 Å². The Balaban J connectivity index is 1.60. The number of hydrogen-bond acceptors (Lipinski definition) is 6. The summed E-state index contributed by atoms with van der Waals surface area (Å²) in [6.07, 6.45) is 0. The van der Waals surface area contributed by atoms with Gasteiger partial charge in [-0.2, -0.15) is 4.80 Å². The van der Waals surface area contributed by atoms with Crippen molar-refractivity contribution in [2.45, 2.75) is 13.2 Å².